The number of aromatic nitrogens is 2. The van der Waals surface area contributed by atoms with Gasteiger partial charge in [-0.05, 0) is 37.0 Å². The van der Waals surface area contributed by atoms with Gasteiger partial charge < -0.3 is 19.5 Å². The lowest BCUT2D eigenvalue weighted by atomic mass is 9.89. The molecule has 1 aliphatic carbocycles. The van der Waals surface area contributed by atoms with Crippen LogP contribution in [0.4, 0.5) is 0 Å². The van der Waals surface area contributed by atoms with Crippen LogP contribution in [0.25, 0.3) is 17.0 Å². The number of methoxy groups -OCH3 is 2. The van der Waals surface area contributed by atoms with Crippen molar-refractivity contribution in [2.24, 2.45) is 5.92 Å². The standard InChI is InChI=1S/C26H29N3O4/c1-31-23-14-20-21(15-24(23)32-2)28-17-29-26(20)33-22-11-7-6-10-19(22)12-13-25(30)27-16-18-8-4-3-5-9-18/h6-7,10-15,17-18H,3-5,8-9,16H2,1-2H3,(H,27,30)/b13-12+. The maximum Gasteiger partial charge on any atom is 0.244 e. The van der Waals surface area contributed by atoms with Crippen LogP contribution in [0.3, 0.4) is 0 Å². The largest absolute Gasteiger partial charge is 0.493 e. The summed E-state index contributed by atoms with van der Waals surface area (Å²) in [7, 11) is 3.16. The number of carbonyl (C=O) groups is 1. The van der Waals surface area contributed by atoms with Crippen molar-refractivity contribution in [1.82, 2.24) is 15.3 Å². The molecule has 1 aromatic heterocycles. The van der Waals surface area contributed by atoms with Crippen LogP contribution < -0.4 is 19.5 Å². The van der Waals surface area contributed by atoms with Gasteiger partial charge in [0.25, 0.3) is 0 Å². The number of amides is 1. The highest BCUT2D eigenvalue weighted by molar-refractivity contribution is 5.92. The van der Waals surface area contributed by atoms with Gasteiger partial charge in [0.15, 0.2) is 11.5 Å². The SMILES string of the molecule is COc1cc2ncnc(Oc3ccccc3/C=C/C(=O)NCC3CCCCC3)c2cc1OC. The van der Waals surface area contributed by atoms with E-state index in [0.717, 1.165) is 12.1 Å². The van der Waals surface area contributed by atoms with Gasteiger partial charge in [-0.3, -0.25) is 4.79 Å². The fourth-order valence-electron chi connectivity index (χ4n) is 4.12. The van der Waals surface area contributed by atoms with E-state index < -0.39 is 0 Å². The molecule has 172 valence electrons. The highest BCUT2D eigenvalue weighted by Crippen LogP contribution is 2.36. The molecule has 3 aromatic rings. The van der Waals surface area contributed by atoms with E-state index in [-0.39, 0.29) is 5.91 Å². The number of carbonyl (C=O) groups excluding carboxylic acids is 1. The van der Waals surface area contributed by atoms with Gasteiger partial charge in [-0.25, -0.2) is 9.97 Å². The van der Waals surface area contributed by atoms with Gasteiger partial charge in [0.05, 0.1) is 25.1 Å². The molecule has 0 unspecified atom stereocenters. The lowest BCUT2D eigenvalue weighted by Crippen LogP contribution is -2.28. The van der Waals surface area contributed by atoms with Gasteiger partial charge in [0, 0.05) is 24.3 Å². The van der Waals surface area contributed by atoms with Crippen LogP contribution in [-0.4, -0.2) is 36.6 Å². The van der Waals surface area contributed by atoms with Crippen molar-refractivity contribution in [3.05, 3.63) is 54.4 Å². The molecule has 0 aliphatic heterocycles. The van der Waals surface area contributed by atoms with Gasteiger partial charge in [0.1, 0.15) is 12.1 Å². The summed E-state index contributed by atoms with van der Waals surface area (Å²) in [5.74, 6) is 2.62. The molecule has 0 radical (unpaired) electrons. The van der Waals surface area contributed by atoms with Gasteiger partial charge in [-0.15, -0.1) is 0 Å². The summed E-state index contributed by atoms with van der Waals surface area (Å²) in [4.78, 5) is 21.0. The van der Waals surface area contributed by atoms with Gasteiger partial charge in [-0.1, -0.05) is 37.5 Å². The first-order valence-electron chi connectivity index (χ1n) is 11.3. The molecule has 4 rings (SSSR count). The molecule has 1 fully saturated rings. The zero-order chi connectivity index (χ0) is 23.0. The molecule has 1 heterocycles. The summed E-state index contributed by atoms with van der Waals surface area (Å²) in [5, 5.41) is 3.72. The Bertz CT molecular complexity index is 1140. The van der Waals surface area contributed by atoms with E-state index in [2.05, 4.69) is 15.3 Å². The molecular weight excluding hydrogens is 418 g/mol. The smallest absolute Gasteiger partial charge is 0.244 e. The Labute approximate surface area is 193 Å². The maximum absolute atomic E-state index is 12.3. The number of hydrogen-bond acceptors (Lipinski definition) is 6. The summed E-state index contributed by atoms with van der Waals surface area (Å²) in [5.41, 5.74) is 1.45. The van der Waals surface area contributed by atoms with Crippen LogP contribution in [0.15, 0.2) is 48.8 Å². The molecular formula is C26H29N3O4. The Balaban J connectivity index is 1.51. The van der Waals surface area contributed by atoms with E-state index in [1.165, 1.54) is 38.4 Å². The molecule has 0 saturated heterocycles. The number of nitrogens with zero attached hydrogens (tertiary/aromatic N) is 2. The maximum atomic E-state index is 12.3. The second-order valence-corrected chi connectivity index (χ2v) is 8.13. The average Bonchev–Trinajstić information content (AvgIpc) is 2.87. The zero-order valence-electron chi connectivity index (χ0n) is 19.0. The minimum Gasteiger partial charge on any atom is -0.493 e. The summed E-state index contributed by atoms with van der Waals surface area (Å²) < 4.78 is 16.9. The van der Waals surface area contributed by atoms with Crippen molar-refractivity contribution >= 4 is 22.9 Å². The topological polar surface area (TPSA) is 82.6 Å². The van der Waals surface area contributed by atoms with Crippen molar-refractivity contribution in [3.8, 4) is 23.1 Å². The molecule has 0 bridgehead atoms. The number of para-hydroxylation sites is 1. The van der Waals surface area contributed by atoms with Crippen LogP contribution in [0, 0.1) is 5.92 Å². The number of benzene rings is 2. The van der Waals surface area contributed by atoms with Crippen LogP contribution in [0.2, 0.25) is 0 Å². The third-order valence-corrected chi connectivity index (χ3v) is 5.93. The first-order valence-corrected chi connectivity index (χ1v) is 11.3. The lowest BCUT2D eigenvalue weighted by molar-refractivity contribution is -0.116. The molecule has 0 atom stereocenters. The minimum absolute atomic E-state index is 0.0975. The van der Waals surface area contributed by atoms with Crippen LogP contribution in [0.1, 0.15) is 37.7 Å². The number of fused-ring (bicyclic) bond motifs is 1. The van der Waals surface area contributed by atoms with Crippen molar-refractivity contribution in [2.75, 3.05) is 20.8 Å². The molecule has 0 spiro atoms. The highest BCUT2D eigenvalue weighted by atomic mass is 16.5. The monoisotopic (exact) mass is 447 g/mol. The fraction of sp³-hybridized carbons (Fsp3) is 0.346. The van der Waals surface area contributed by atoms with Crippen LogP contribution >= 0.6 is 0 Å². The average molecular weight is 448 g/mol. The van der Waals surface area contributed by atoms with Crippen molar-refractivity contribution in [2.45, 2.75) is 32.1 Å². The fourth-order valence-corrected chi connectivity index (χ4v) is 4.12. The van der Waals surface area contributed by atoms with E-state index in [1.54, 1.807) is 38.5 Å². The minimum atomic E-state index is -0.0975. The van der Waals surface area contributed by atoms with Gasteiger partial charge >= 0.3 is 0 Å². The third-order valence-electron chi connectivity index (χ3n) is 5.93. The van der Waals surface area contributed by atoms with E-state index >= 15 is 0 Å². The normalized spacial score (nSPS) is 14.4. The number of rotatable bonds is 8. The summed E-state index contributed by atoms with van der Waals surface area (Å²) in [6.07, 6.45) is 11.0. The molecule has 7 nitrogen and oxygen atoms in total. The van der Waals surface area contributed by atoms with Crippen molar-refractivity contribution in [1.29, 1.82) is 0 Å². The Morgan fingerprint density at radius 1 is 1.03 bits per heavy atom. The lowest BCUT2D eigenvalue weighted by Gasteiger charge is -2.21. The third kappa shape index (κ3) is 5.61. The van der Waals surface area contributed by atoms with Gasteiger partial charge in [-0.2, -0.15) is 0 Å². The molecule has 1 saturated carbocycles. The van der Waals surface area contributed by atoms with E-state index in [4.69, 9.17) is 14.2 Å². The second kappa shape index (κ2) is 10.8. The first kappa shape index (κ1) is 22.6. The zero-order valence-corrected chi connectivity index (χ0v) is 19.0. The Hall–Kier alpha value is -3.61. The van der Waals surface area contributed by atoms with Crippen LogP contribution in [-0.2, 0) is 4.79 Å². The Morgan fingerprint density at radius 3 is 2.58 bits per heavy atom. The number of nitrogens with one attached hydrogen (secondary N) is 1. The first-order chi connectivity index (χ1) is 16.2. The molecule has 7 heteroatoms. The number of hydrogen-bond donors (Lipinski definition) is 1. The van der Waals surface area contributed by atoms with E-state index in [1.807, 2.05) is 24.3 Å². The second-order valence-electron chi connectivity index (χ2n) is 8.13. The number of ether oxygens (including phenoxy) is 3. The van der Waals surface area contributed by atoms with Crippen LogP contribution in [0.5, 0.6) is 23.1 Å². The van der Waals surface area contributed by atoms with E-state index in [0.29, 0.717) is 39.9 Å². The molecule has 1 aliphatic rings. The molecule has 33 heavy (non-hydrogen) atoms. The summed E-state index contributed by atoms with van der Waals surface area (Å²) >= 11 is 0. The van der Waals surface area contributed by atoms with Crippen molar-refractivity contribution in [3.63, 3.8) is 0 Å². The van der Waals surface area contributed by atoms with Crippen molar-refractivity contribution < 1.29 is 19.0 Å². The predicted octanol–water partition coefficient (Wildman–Crippen LogP) is 5.15. The molecule has 1 amide bonds. The van der Waals surface area contributed by atoms with Gasteiger partial charge in [0.2, 0.25) is 11.8 Å². The Morgan fingerprint density at radius 2 is 1.79 bits per heavy atom. The molecule has 1 N–H and O–H groups in total. The Kier molecular flexibility index (Phi) is 7.40. The molecule has 2 aromatic carbocycles. The summed E-state index contributed by atoms with van der Waals surface area (Å²) in [6, 6.07) is 11.1. The predicted molar refractivity (Wildman–Crippen MR) is 128 cm³/mol. The van der Waals surface area contributed by atoms with E-state index in [9.17, 15) is 4.79 Å². The quantitative estimate of drug-likeness (QED) is 0.481. The highest BCUT2D eigenvalue weighted by Gasteiger charge is 2.15. The summed E-state index contributed by atoms with van der Waals surface area (Å²) in [6.45, 7) is 0.736.